The molecule has 2 rings (SSSR count). The van der Waals surface area contributed by atoms with Crippen molar-refractivity contribution in [2.75, 3.05) is 0 Å². The van der Waals surface area contributed by atoms with Crippen LogP contribution in [0.5, 0.6) is 11.5 Å². The number of nitriles is 1. The van der Waals surface area contributed by atoms with Gasteiger partial charge in [0.25, 0.3) is 0 Å². The number of carboxylic acids is 1. The van der Waals surface area contributed by atoms with E-state index in [1.54, 1.807) is 37.3 Å². The molecule has 5 nitrogen and oxygen atoms in total. The van der Waals surface area contributed by atoms with Crippen molar-refractivity contribution in [2.24, 2.45) is 0 Å². The topological polar surface area (TPSA) is 83.2 Å². The molecule has 21 heavy (non-hydrogen) atoms. The molecule has 0 unspecified atom stereocenters. The zero-order chi connectivity index (χ0) is 15.4. The van der Waals surface area contributed by atoms with Crippen molar-refractivity contribution in [3.63, 3.8) is 0 Å². The van der Waals surface area contributed by atoms with E-state index in [1.165, 1.54) is 0 Å². The molecular weight excluding hydrogens is 268 g/mol. The minimum Gasteiger partial charge on any atom is -0.481 e. The van der Waals surface area contributed by atoms with Crippen LogP contribution in [0, 0.1) is 25.2 Å². The molecule has 0 amide bonds. The van der Waals surface area contributed by atoms with Gasteiger partial charge in [0.1, 0.15) is 23.1 Å². The first kappa shape index (κ1) is 14.5. The number of nitrogens with zero attached hydrogens (tertiary/aromatic N) is 2. The molecular formula is C16H14N2O3. The highest BCUT2D eigenvalue weighted by atomic mass is 16.5. The molecule has 2 aromatic rings. The number of rotatable bonds is 4. The fourth-order valence-corrected chi connectivity index (χ4v) is 2.04. The molecule has 0 aliphatic rings. The van der Waals surface area contributed by atoms with E-state index in [0.717, 1.165) is 5.69 Å². The van der Waals surface area contributed by atoms with Gasteiger partial charge in [-0.15, -0.1) is 0 Å². The van der Waals surface area contributed by atoms with E-state index in [9.17, 15) is 10.1 Å². The Balaban J connectivity index is 2.44. The normalized spacial score (nSPS) is 9.95. The molecule has 0 radical (unpaired) electrons. The summed E-state index contributed by atoms with van der Waals surface area (Å²) in [5, 5.41) is 18.1. The first-order valence-corrected chi connectivity index (χ1v) is 6.37. The van der Waals surface area contributed by atoms with E-state index in [1.807, 2.05) is 6.92 Å². The number of aromatic nitrogens is 1. The van der Waals surface area contributed by atoms with Gasteiger partial charge < -0.3 is 9.84 Å². The second-order valence-electron chi connectivity index (χ2n) is 4.61. The Labute approximate surface area is 122 Å². The largest absolute Gasteiger partial charge is 0.481 e. The molecule has 0 aliphatic heterocycles. The Kier molecular flexibility index (Phi) is 4.19. The number of pyridine rings is 1. The van der Waals surface area contributed by atoms with Gasteiger partial charge in [0.15, 0.2) is 0 Å². The van der Waals surface area contributed by atoms with Gasteiger partial charge >= 0.3 is 5.97 Å². The summed E-state index contributed by atoms with van der Waals surface area (Å²) in [5.41, 5.74) is 2.23. The summed E-state index contributed by atoms with van der Waals surface area (Å²) >= 11 is 0. The van der Waals surface area contributed by atoms with Crippen LogP contribution in [0.25, 0.3) is 0 Å². The molecule has 1 heterocycles. The molecule has 1 aromatic carbocycles. The number of para-hydroxylation sites is 1. The predicted octanol–water partition coefficient (Wildman–Crippen LogP) is 2.99. The summed E-state index contributed by atoms with van der Waals surface area (Å²) in [6.45, 7) is 3.55. The van der Waals surface area contributed by atoms with Crippen LogP contribution in [0.2, 0.25) is 0 Å². The molecule has 5 heteroatoms. The van der Waals surface area contributed by atoms with E-state index < -0.39 is 5.97 Å². The van der Waals surface area contributed by atoms with E-state index in [-0.39, 0.29) is 6.42 Å². The van der Waals surface area contributed by atoms with E-state index in [4.69, 9.17) is 9.84 Å². The summed E-state index contributed by atoms with van der Waals surface area (Å²) in [6, 6.07) is 10.6. The van der Waals surface area contributed by atoms with Crippen LogP contribution in [-0.4, -0.2) is 16.1 Å². The number of carbonyl (C=O) groups is 1. The lowest BCUT2D eigenvalue weighted by Gasteiger charge is -2.12. The Morgan fingerprint density at radius 2 is 2.05 bits per heavy atom. The average Bonchev–Trinajstić information content (AvgIpc) is 2.40. The number of aliphatic carboxylic acids is 1. The summed E-state index contributed by atoms with van der Waals surface area (Å²) < 4.78 is 5.77. The minimum absolute atomic E-state index is 0.138. The highest BCUT2D eigenvalue weighted by Gasteiger charge is 2.13. The van der Waals surface area contributed by atoms with Crippen molar-refractivity contribution in [2.45, 2.75) is 20.3 Å². The van der Waals surface area contributed by atoms with Gasteiger partial charge in [-0.3, -0.25) is 9.78 Å². The maximum absolute atomic E-state index is 10.9. The molecule has 0 saturated heterocycles. The second-order valence-corrected chi connectivity index (χ2v) is 4.61. The van der Waals surface area contributed by atoms with Gasteiger partial charge in [0.2, 0.25) is 0 Å². The third-order valence-corrected chi connectivity index (χ3v) is 2.94. The molecule has 1 N–H and O–H groups in total. The van der Waals surface area contributed by atoms with Crippen LogP contribution in [0.1, 0.15) is 22.5 Å². The van der Waals surface area contributed by atoms with E-state index in [0.29, 0.717) is 28.3 Å². The second kappa shape index (κ2) is 6.06. The summed E-state index contributed by atoms with van der Waals surface area (Å²) in [7, 11) is 0. The van der Waals surface area contributed by atoms with Gasteiger partial charge in [-0.05, 0) is 19.9 Å². The monoisotopic (exact) mass is 282 g/mol. The summed E-state index contributed by atoms with van der Waals surface area (Å²) in [5.74, 6) is -0.115. The Bertz CT molecular complexity index is 733. The van der Waals surface area contributed by atoms with Crippen molar-refractivity contribution < 1.29 is 14.6 Å². The Hall–Kier alpha value is -2.87. The van der Waals surface area contributed by atoms with Crippen LogP contribution in [0.3, 0.4) is 0 Å². The van der Waals surface area contributed by atoms with Crippen LogP contribution in [0.15, 0.2) is 30.3 Å². The fraction of sp³-hybridized carbons (Fsp3) is 0.188. The van der Waals surface area contributed by atoms with Crippen molar-refractivity contribution in [3.8, 4) is 17.6 Å². The molecule has 0 atom stereocenters. The first-order valence-electron chi connectivity index (χ1n) is 6.37. The number of hydrogen-bond acceptors (Lipinski definition) is 4. The molecule has 0 saturated carbocycles. The van der Waals surface area contributed by atoms with Crippen LogP contribution in [-0.2, 0) is 11.2 Å². The number of benzene rings is 1. The standard InChI is InChI=1S/C16H14N2O3/c1-10-7-15(13(9-17)11(2)18-10)21-14-6-4-3-5-12(14)8-16(19)20/h3-7H,8H2,1-2H3,(H,19,20). The molecule has 0 spiro atoms. The smallest absolute Gasteiger partial charge is 0.307 e. The lowest BCUT2D eigenvalue weighted by molar-refractivity contribution is -0.136. The van der Waals surface area contributed by atoms with Gasteiger partial charge in [-0.25, -0.2) is 0 Å². The van der Waals surface area contributed by atoms with E-state index >= 15 is 0 Å². The minimum atomic E-state index is -0.936. The number of carboxylic acid groups (broad SMARTS) is 1. The lowest BCUT2D eigenvalue weighted by Crippen LogP contribution is -2.03. The van der Waals surface area contributed by atoms with Crippen LogP contribution >= 0.6 is 0 Å². The molecule has 106 valence electrons. The maximum atomic E-state index is 10.9. The zero-order valence-electron chi connectivity index (χ0n) is 11.8. The average molecular weight is 282 g/mol. The lowest BCUT2D eigenvalue weighted by atomic mass is 10.1. The van der Waals surface area contributed by atoms with Gasteiger partial charge in [0.05, 0.1) is 12.1 Å². The molecule has 1 aromatic heterocycles. The summed E-state index contributed by atoms with van der Waals surface area (Å²) in [4.78, 5) is 15.1. The van der Waals surface area contributed by atoms with Crippen molar-refractivity contribution in [1.82, 2.24) is 4.98 Å². The SMILES string of the molecule is Cc1cc(Oc2ccccc2CC(=O)O)c(C#N)c(C)n1. The summed E-state index contributed by atoms with van der Waals surface area (Å²) in [6.07, 6.45) is -0.138. The van der Waals surface area contributed by atoms with E-state index in [2.05, 4.69) is 11.1 Å². The predicted molar refractivity (Wildman–Crippen MR) is 76.3 cm³/mol. The first-order chi connectivity index (χ1) is 10.0. The molecule has 0 aliphatic carbocycles. The van der Waals surface area contributed by atoms with Crippen LogP contribution < -0.4 is 4.74 Å². The number of hydrogen-bond donors (Lipinski definition) is 1. The van der Waals surface area contributed by atoms with Gasteiger partial charge in [-0.1, -0.05) is 18.2 Å². The fourth-order valence-electron chi connectivity index (χ4n) is 2.04. The zero-order valence-corrected chi connectivity index (χ0v) is 11.8. The van der Waals surface area contributed by atoms with Crippen molar-refractivity contribution in [1.29, 1.82) is 5.26 Å². The quantitative estimate of drug-likeness (QED) is 0.932. The Morgan fingerprint density at radius 3 is 2.71 bits per heavy atom. The molecule has 0 fully saturated rings. The van der Waals surface area contributed by atoms with Gasteiger partial charge in [-0.2, -0.15) is 5.26 Å². The highest BCUT2D eigenvalue weighted by molar-refractivity contribution is 5.71. The third-order valence-electron chi connectivity index (χ3n) is 2.94. The number of ether oxygens (including phenoxy) is 1. The van der Waals surface area contributed by atoms with Gasteiger partial charge in [0, 0.05) is 17.3 Å². The van der Waals surface area contributed by atoms with Crippen molar-refractivity contribution >= 4 is 5.97 Å². The van der Waals surface area contributed by atoms with Crippen LogP contribution in [0.4, 0.5) is 0 Å². The third kappa shape index (κ3) is 3.37. The number of aryl methyl sites for hydroxylation is 2. The highest BCUT2D eigenvalue weighted by Crippen LogP contribution is 2.29. The molecule has 0 bridgehead atoms. The maximum Gasteiger partial charge on any atom is 0.307 e. The van der Waals surface area contributed by atoms with Crippen molar-refractivity contribution in [3.05, 3.63) is 52.8 Å². The Morgan fingerprint density at radius 1 is 1.33 bits per heavy atom.